The van der Waals surface area contributed by atoms with Crippen LogP contribution in [0, 0.1) is 15.5 Å². The summed E-state index contributed by atoms with van der Waals surface area (Å²) < 4.78 is 0. The van der Waals surface area contributed by atoms with E-state index in [0.717, 1.165) is 32.4 Å². The Morgan fingerprint density at radius 3 is 2.55 bits per heavy atom. The van der Waals surface area contributed by atoms with Crippen molar-refractivity contribution in [2.45, 2.75) is 33.1 Å². The summed E-state index contributed by atoms with van der Waals surface area (Å²) in [5, 5.41) is 11.2. The van der Waals surface area contributed by atoms with Crippen molar-refractivity contribution in [3.63, 3.8) is 0 Å². The number of hydrogen-bond acceptors (Lipinski definition) is 4. The van der Waals surface area contributed by atoms with E-state index in [1.807, 2.05) is 0 Å². The second-order valence-electron chi connectivity index (χ2n) is 5.77. The first-order valence-corrected chi connectivity index (χ1v) is 6.97. The van der Waals surface area contributed by atoms with Gasteiger partial charge in [-0.15, -0.1) is 0 Å². The Balaban J connectivity index is 2.25. The number of benzene rings is 1. The number of nitro groups is 1. The lowest BCUT2D eigenvalue weighted by Crippen LogP contribution is -2.38. The molecular formula is C15H20N2O3. The Morgan fingerprint density at radius 1 is 1.40 bits per heavy atom. The number of hydrogen-bond donors (Lipinski definition) is 0. The minimum atomic E-state index is -0.407. The molecule has 1 aromatic carbocycles. The average molecular weight is 276 g/mol. The molecule has 1 aliphatic rings. The number of piperidine rings is 1. The van der Waals surface area contributed by atoms with Crippen molar-refractivity contribution < 1.29 is 9.72 Å². The summed E-state index contributed by atoms with van der Waals surface area (Å²) in [5.41, 5.74) is 1.33. The maximum atomic E-state index is 11.2. The van der Waals surface area contributed by atoms with Crippen LogP contribution in [0.5, 0.6) is 0 Å². The van der Waals surface area contributed by atoms with Gasteiger partial charge in [0, 0.05) is 24.7 Å². The smallest absolute Gasteiger partial charge is 0.293 e. The topological polar surface area (TPSA) is 63.5 Å². The first kappa shape index (κ1) is 14.5. The zero-order valence-corrected chi connectivity index (χ0v) is 12.0. The summed E-state index contributed by atoms with van der Waals surface area (Å²) >= 11 is 0. The maximum absolute atomic E-state index is 11.2. The predicted molar refractivity (Wildman–Crippen MR) is 78.3 cm³/mol. The Hall–Kier alpha value is -1.91. The van der Waals surface area contributed by atoms with E-state index in [4.69, 9.17) is 0 Å². The van der Waals surface area contributed by atoms with Crippen molar-refractivity contribution in [2.75, 3.05) is 18.0 Å². The molecule has 108 valence electrons. The van der Waals surface area contributed by atoms with E-state index in [0.29, 0.717) is 23.0 Å². The van der Waals surface area contributed by atoms with E-state index in [-0.39, 0.29) is 5.69 Å². The van der Waals surface area contributed by atoms with Crippen LogP contribution >= 0.6 is 0 Å². The fourth-order valence-electron chi connectivity index (χ4n) is 2.67. The third kappa shape index (κ3) is 2.81. The molecule has 5 heteroatoms. The molecule has 0 radical (unpaired) electrons. The first-order valence-electron chi connectivity index (χ1n) is 6.97. The van der Waals surface area contributed by atoms with E-state index < -0.39 is 4.92 Å². The second-order valence-corrected chi connectivity index (χ2v) is 5.77. The van der Waals surface area contributed by atoms with E-state index in [9.17, 15) is 14.9 Å². The highest BCUT2D eigenvalue weighted by Gasteiger charge is 2.30. The van der Waals surface area contributed by atoms with Crippen molar-refractivity contribution in [2.24, 2.45) is 5.41 Å². The lowest BCUT2D eigenvalue weighted by atomic mass is 9.78. The van der Waals surface area contributed by atoms with Crippen LogP contribution in [0.25, 0.3) is 0 Å². The Bertz CT molecular complexity index is 520. The molecule has 0 unspecified atom stereocenters. The van der Waals surface area contributed by atoms with Crippen LogP contribution in [-0.4, -0.2) is 24.3 Å². The van der Waals surface area contributed by atoms with Gasteiger partial charge in [0.05, 0.1) is 4.92 Å². The van der Waals surface area contributed by atoms with Gasteiger partial charge < -0.3 is 4.90 Å². The van der Waals surface area contributed by atoms with Crippen molar-refractivity contribution >= 4 is 17.7 Å². The molecule has 1 aliphatic heterocycles. The monoisotopic (exact) mass is 276 g/mol. The number of nitro benzene ring substituents is 1. The molecule has 1 aromatic rings. The van der Waals surface area contributed by atoms with Gasteiger partial charge in [-0.3, -0.25) is 14.9 Å². The van der Waals surface area contributed by atoms with Crippen LogP contribution in [0.4, 0.5) is 11.4 Å². The minimum Gasteiger partial charge on any atom is -0.366 e. The van der Waals surface area contributed by atoms with Crippen molar-refractivity contribution in [3.8, 4) is 0 Å². The van der Waals surface area contributed by atoms with Gasteiger partial charge in [-0.05, 0) is 30.4 Å². The Kier molecular flexibility index (Phi) is 4.06. The standard InChI is InChI=1S/C15H20N2O3/c1-3-15(2)6-8-16(9-7-15)13-5-4-12(11-18)10-14(13)17(19)20/h4-5,10-11H,3,6-9H2,1-2H3. The van der Waals surface area contributed by atoms with Crippen LogP contribution in [0.1, 0.15) is 43.5 Å². The fourth-order valence-corrected chi connectivity index (χ4v) is 2.67. The molecule has 1 heterocycles. The van der Waals surface area contributed by atoms with E-state index in [2.05, 4.69) is 18.7 Å². The molecule has 1 fully saturated rings. The molecule has 0 bridgehead atoms. The molecule has 2 rings (SSSR count). The summed E-state index contributed by atoms with van der Waals surface area (Å²) in [6.07, 6.45) is 3.85. The first-order chi connectivity index (χ1) is 9.49. The quantitative estimate of drug-likeness (QED) is 0.480. The molecule has 5 nitrogen and oxygen atoms in total. The normalized spacial score (nSPS) is 17.8. The van der Waals surface area contributed by atoms with Gasteiger partial charge in [0.25, 0.3) is 5.69 Å². The van der Waals surface area contributed by atoms with Gasteiger partial charge in [-0.25, -0.2) is 0 Å². The summed E-state index contributed by atoms with van der Waals surface area (Å²) in [4.78, 5) is 23.6. The molecule has 0 atom stereocenters. The van der Waals surface area contributed by atoms with Crippen LogP contribution in [0.2, 0.25) is 0 Å². The highest BCUT2D eigenvalue weighted by Crippen LogP contribution is 2.38. The molecule has 0 N–H and O–H groups in total. The number of carbonyl (C=O) groups is 1. The Labute approximate surface area is 118 Å². The Morgan fingerprint density at radius 2 is 2.05 bits per heavy atom. The van der Waals surface area contributed by atoms with Crippen LogP contribution < -0.4 is 4.90 Å². The SMILES string of the molecule is CCC1(C)CCN(c2ccc(C=O)cc2[N+](=O)[O-])CC1. The van der Waals surface area contributed by atoms with Crippen molar-refractivity contribution in [3.05, 3.63) is 33.9 Å². The fraction of sp³-hybridized carbons (Fsp3) is 0.533. The van der Waals surface area contributed by atoms with Crippen molar-refractivity contribution in [1.29, 1.82) is 0 Å². The molecule has 0 aromatic heterocycles. The summed E-state index contributed by atoms with van der Waals surface area (Å²) in [6, 6.07) is 4.69. The van der Waals surface area contributed by atoms with Crippen LogP contribution in [-0.2, 0) is 0 Å². The van der Waals surface area contributed by atoms with E-state index in [1.165, 1.54) is 6.07 Å². The average Bonchev–Trinajstić information content (AvgIpc) is 2.47. The van der Waals surface area contributed by atoms with Crippen molar-refractivity contribution in [1.82, 2.24) is 0 Å². The van der Waals surface area contributed by atoms with Crippen LogP contribution in [0.3, 0.4) is 0 Å². The molecular weight excluding hydrogens is 256 g/mol. The molecule has 0 amide bonds. The van der Waals surface area contributed by atoms with E-state index in [1.54, 1.807) is 12.1 Å². The number of anilines is 1. The summed E-state index contributed by atoms with van der Waals surface area (Å²) in [6.45, 7) is 6.11. The molecule has 0 spiro atoms. The van der Waals surface area contributed by atoms with Gasteiger partial charge in [0.15, 0.2) is 0 Å². The predicted octanol–water partition coefficient (Wildman–Crippen LogP) is 3.42. The highest BCUT2D eigenvalue weighted by molar-refractivity contribution is 5.79. The molecule has 1 saturated heterocycles. The highest BCUT2D eigenvalue weighted by atomic mass is 16.6. The number of aldehydes is 1. The zero-order chi connectivity index (χ0) is 14.8. The van der Waals surface area contributed by atoms with Gasteiger partial charge in [0.1, 0.15) is 12.0 Å². The number of rotatable bonds is 4. The number of nitrogens with zero attached hydrogens (tertiary/aromatic N) is 2. The maximum Gasteiger partial charge on any atom is 0.293 e. The molecule has 20 heavy (non-hydrogen) atoms. The zero-order valence-electron chi connectivity index (χ0n) is 12.0. The van der Waals surface area contributed by atoms with Gasteiger partial charge in [-0.1, -0.05) is 20.3 Å². The summed E-state index contributed by atoms with van der Waals surface area (Å²) in [7, 11) is 0. The van der Waals surface area contributed by atoms with Crippen LogP contribution in [0.15, 0.2) is 18.2 Å². The summed E-state index contributed by atoms with van der Waals surface area (Å²) in [5.74, 6) is 0. The largest absolute Gasteiger partial charge is 0.366 e. The van der Waals surface area contributed by atoms with Gasteiger partial charge in [0.2, 0.25) is 0 Å². The second kappa shape index (κ2) is 5.61. The lowest BCUT2D eigenvalue weighted by molar-refractivity contribution is -0.384. The third-order valence-corrected chi connectivity index (χ3v) is 4.50. The lowest BCUT2D eigenvalue weighted by Gasteiger charge is -2.39. The molecule has 0 aliphatic carbocycles. The minimum absolute atomic E-state index is 0.0229. The number of carbonyl (C=O) groups excluding carboxylic acids is 1. The van der Waals surface area contributed by atoms with Gasteiger partial charge >= 0.3 is 0 Å². The van der Waals surface area contributed by atoms with E-state index >= 15 is 0 Å². The molecule has 0 saturated carbocycles. The van der Waals surface area contributed by atoms with Gasteiger partial charge in [-0.2, -0.15) is 0 Å². The third-order valence-electron chi connectivity index (χ3n) is 4.50.